The Kier molecular flexibility index (Phi) is 4.32. The van der Waals surface area contributed by atoms with Gasteiger partial charge in [-0.15, -0.1) is 0 Å². The fourth-order valence-corrected chi connectivity index (χ4v) is 3.37. The van der Waals surface area contributed by atoms with Crippen LogP contribution in [0.1, 0.15) is 38.5 Å². The van der Waals surface area contributed by atoms with Crippen LogP contribution in [-0.4, -0.2) is 11.5 Å². The van der Waals surface area contributed by atoms with Gasteiger partial charge >= 0.3 is 0 Å². The van der Waals surface area contributed by atoms with Gasteiger partial charge in [0.05, 0.1) is 0 Å². The number of hydrogen-bond acceptors (Lipinski definition) is 3. The molecule has 0 atom stereocenters. The summed E-state index contributed by atoms with van der Waals surface area (Å²) in [4.78, 5) is 0. The first-order valence-electron chi connectivity index (χ1n) is 5.36. The quantitative estimate of drug-likeness (QED) is 0.494. The lowest BCUT2D eigenvalue weighted by molar-refractivity contribution is 0.348. The highest BCUT2D eigenvalue weighted by molar-refractivity contribution is 8.07. The van der Waals surface area contributed by atoms with Gasteiger partial charge in [-0.1, -0.05) is 12.8 Å². The van der Waals surface area contributed by atoms with E-state index in [2.05, 4.69) is 0 Å². The van der Waals surface area contributed by atoms with Crippen LogP contribution in [0.5, 0.6) is 0 Å². The average Bonchev–Trinajstić information content (AvgIpc) is 1.96. The first kappa shape index (κ1) is 10.2. The van der Waals surface area contributed by atoms with Crippen molar-refractivity contribution in [3.05, 3.63) is 0 Å². The Morgan fingerprint density at radius 1 is 0.846 bits per heavy atom. The highest BCUT2D eigenvalue weighted by atomic mass is 32.2. The maximum absolute atomic E-state index is 5.48. The normalized spacial score (nSPS) is 24.0. The average molecular weight is 218 g/mol. The van der Waals surface area contributed by atoms with Crippen LogP contribution in [-0.2, 0) is 3.63 Å². The molecule has 13 heavy (non-hydrogen) atoms. The molecule has 0 saturated heterocycles. The van der Waals surface area contributed by atoms with Gasteiger partial charge in [0.1, 0.15) is 0 Å². The molecule has 0 radical (unpaired) electrons. The molecule has 0 aromatic heterocycles. The molecule has 0 bridgehead atoms. The Balaban J connectivity index is 1.36. The molecule has 76 valence electrons. The second-order valence-electron chi connectivity index (χ2n) is 4.23. The lowest BCUT2D eigenvalue weighted by Gasteiger charge is -2.25. The fourth-order valence-electron chi connectivity index (χ4n) is 1.60. The van der Waals surface area contributed by atoms with Gasteiger partial charge in [-0.3, -0.25) is 0 Å². The van der Waals surface area contributed by atoms with Crippen LogP contribution in [0.25, 0.3) is 0 Å². The molecule has 1 nitrogen and oxygen atoms in total. The van der Waals surface area contributed by atoms with Crippen LogP contribution >= 0.6 is 24.1 Å². The van der Waals surface area contributed by atoms with E-state index in [1.54, 1.807) is 24.1 Å². The van der Waals surface area contributed by atoms with E-state index in [9.17, 15) is 0 Å². The molecular formula is C10H18OS2. The third-order valence-electron chi connectivity index (χ3n) is 3.15. The summed E-state index contributed by atoms with van der Waals surface area (Å²) in [6.45, 7) is 0. The van der Waals surface area contributed by atoms with Crippen molar-refractivity contribution < 1.29 is 3.63 Å². The van der Waals surface area contributed by atoms with E-state index in [4.69, 9.17) is 3.63 Å². The molecule has 0 amide bonds. The van der Waals surface area contributed by atoms with Crippen LogP contribution in [0, 0.1) is 11.8 Å². The van der Waals surface area contributed by atoms with Crippen LogP contribution in [0.15, 0.2) is 0 Å². The number of hydrogen-bond donors (Lipinski definition) is 0. The summed E-state index contributed by atoms with van der Waals surface area (Å²) in [5, 5.41) is 0. The second-order valence-corrected chi connectivity index (χ2v) is 5.91. The smallest absolute Gasteiger partial charge is 0.0238 e. The molecule has 2 rings (SSSR count). The Morgan fingerprint density at radius 2 is 1.31 bits per heavy atom. The summed E-state index contributed by atoms with van der Waals surface area (Å²) in [6.07, 6.45) is 8.63. The van der Waals surface area contributed by atoms with Crippen molar-refractivity contribution in [2.75, 3.05) is 11.5 Å². The van der Waals surface area contributed by atoms with Gasteiger partial charge in [-0.25, -0.2) is 3.63 Å². The van der Waals surface area contributed by atoms with Gasteiger partial charge in [-0.05, 0) is 37.5 Å². The highest BCUT2D eigenvalue weighted by Gasteiger charge is 2.19. The van der Waals surface area contributed by atoms with E-state index >= 15 is 0 Å². The molecule has 0 heterocycles. The molecule has 0 unspecified atom stereocenters. The lowest BCUT2D eigenvalue weighted by atomic mass is 9.87. The van der Waals surface area contributed by atoms with E-state index in [1.807, 2.05) is 0 Å². The second kappa shape index (κ2) is 5.52. The minimum Gasteiger partial charge on any atom is -0.247 e. The summed E-state index contributed by atoms with van der Waals surface area (Å²) in [7, 11) is 0. The molecular weight excluding hydrogens is 200 g/mol. The zero-order chi connectivity index (χ0) is 8.93. The standard InChI is InChI=1S/C10H18OS2/c1-3-9(4-1)7-12-11-13-8-10-5-2-6-10/h9-10H,1-8H2. The lowest BCUT2D eigenvalue weighted by Crippen LogP contribution is -2.14. The van der Waals surface area contributed by atoms with E-state index in [1.165, 1.54) is 50.0 Å². The van der Waals surface area contributed by atoms with Crippen molar-refractivity contribution in [2.24, 2.45) is 11.8 Å². The van der Waals surface area contributed by atoms with E-state index in [-0.39, 0.29) is 0 Å². The predicted octanol–water partition coefficient (Wildman–Crippen LogP) is 3.90. The summed E-state index contributed by atoms with van der Waals surface area (Å²) in [5.41, 5.74) is 0. The van der Waals surface area contributed by atoms with Crippen molar-refractivity contribution in [1.29, 1.82) is 0 Å². The molecule has 0 aromatic carbocycles. The first-order chi connectivity index (χ1) is 6.45. The van der Waals surface area contributed by atoms with Crippen molar-refractivity contribution >= 4 is 24.1 Å². The van der Waals surface area contributed by atoms with Gasteiger partial charge in [0.25, 0.3) is 0 Å². The van der Waals surface area contributed by atoms with Crippen LogP contribution in [0.2, 0.25) is 0 Å². The minimum atomic E-state index is 0.967. The molecule has 0 spiro atoms. The summed E-state index contributed by atoms with van der Waals surface area (Å²) in [6, 6.07) is 0. The molecule has 2 aliphatic rings. The summed E-state index contributed by atoms with van der Waals surface area (Å²) in [5.74, 6) is 4.37. The van der Waals surface area contributed by atoms with Gasteiger partial charge in [0.2, 0.25) is 0 Å². The Labute approximate surface area is 89.8 Å². The third kappa shape index (κ3) is 3.37. The van der Waals surface area contributed by atoms with E-state index in [0.29, 0.717) is 0 Å². The first-order valence-corrected chi connectivity index (χ1v) is 7.18. The topological polar surface area (TPSA) is 9.23 Å². The molecule has 2 fully saturated rings. The Morgan fingerprint density at radius 3 is 1.62 bits per heavy atom. The zero-order valence-corrected chi connectivity index (χ0v) is 9.67. The van der Waals surface area contributed by atoms with Crippen molar-refractivity contribution in [1.82, 2.24) is 0 Å². The van der Waals surface area contributed by atoms with Gasteiger partial charge in [0.15, 0.2) is 0 Å². The largest absolute Gasteiger partial charge is 0.247 e. The Hall–Kier alpha value is 0.660. The van der Waals surface area contributed by atoms with Gasteiger partial charge in [0, 0.05) is 35.6 Å². The van der Waals surface area contributed by atoms with E-state index in [0.717, 1.165) is 11.8 Å². The fraction of sp³-hybridized carbons (Fsp3) is 1.00. The predicted molar refractivity (Wildman–Crippen MR) is 60.7 cm³/mol. The SMILES string of the molecule is C1CC(CSOSCC2CCC2)C1. The van der Waals surface area contributed by atoms with Crippen molar-refractivity contribution in [3.8, 4) is 0 Å². The summed E-state index contributed by atoms with van der Waals surface area (Å²) >= 11 is 3.35. The molecule has 0 N–H and O–H groups in total. The van der Waals surface area contributed by atoms with Gasteiger partial charge < -0.3 is 0 Å². The molecule has 0 aliphatic heterocycles. The highest BCUT2D eigenvalue weighted by Crippen LogP contribution is 2.34. The molecule has 3 heteroatoms. The maximum Gasteiger partial charge on any atom is 0.0238 e. The zero-order valence-electron chi connectivity index (χ0n) is 8.04. The van der Waals surface area contributed by atoms with Crippen LogP contribution in [0.3, 0.4) is 0 Å². The third-order valence-corrected chi connectivity index (χ3v) is 5.14. The Bertz CT molecular complexity index is 128. The van der Waals surface area contributed by atoms with Crippen molar-refractivity contribution in [3.63, 3.8) is 0 Å². The van der Waals surface area contributed by atoms with Crippen molar-refractivity contribution in [2.45, 2.75) is 38.5 Å². The van der Waals surface area contributed by atoms with Gasteiger partial charge in [-0.2, -0.15) is 0 Å². The molecule has 2 saturated carbocycles. The van der Waals surface area contributed by atoms with Crippen LogP contribution in [0.4, 0.5) is 0 Å². The molecule has 2 aliphatic carbocycles. The van der Waals surface area contributed by atoms with Crippen LogP contribution < -0.4 is 0 Å². The number of rotatable bonds is 6. The summed E-state index contributed by atoms with van der Waals surface area (Å²) < 4.78 is 5.48. The monoisotopic (exact) mass is 218 g/mol. The maximum atomic E-state index is 5.48. The van der Waals surface area contributed by atoms with E-state index < -0.39 is 0 Å². The molecule has 0 aromatic rings. The minimum absolute atomic E-state index is 0.967.